The normalized spacial score (nSPS) is 10.4. The van der Waals surface area contributed by atoms with Gasteiger partial charge >= 0.3 is 5.97 Å². The van der Waals surface area contributed by atoms with Crippen LogP contribution in [0.2, 0.25) is 0 Å². The zero-order valence-electron chi connectivity index (χ0n) is 14.2. The Balaban J connectivity index is 1.82. The number of esters is 1. The van der Waals surface area contributed by atoms with E-state index >= 15 is 0 Å². The lowest BCUT2D eigenvalue weighted by Gasteiger charge is -2.22. The highest BCUT2D eigenvalue weighted by Gasteiger charge is 2.09. The minimum absolute atomic E-state index is 0.126. The van der Waals surface area contributed by atoms with Crippen LogP contribution < -0.4 is 4.90 Å². The third kappa shape index (κ3) is 6.36. The summed E-state index contributed by atoms with van der Waals surface area (Å²) >= 11 is 0. The molecule has 0 saturated carbocycles. The van der Waals surface area contributed by atoms with Crippen LogP contribution in [0.1, 0.15) is 37.7 Å². The van der Waals surface area contributed by atoms with E-state index in [1.54, 1.807) is 12.4 Å². The van der Waals surface area contributed by atoms with Gasteiger partial charge in [0.05, 0.1) is 7.11 Å². The molecule has 0 amide bonds. The van der Waals surface area contributed by atoms with E-state index in [0.29, 0.717) is 6.42 Å². The molecule has 0 unspecified atom stereocenters. The molecule has 0 atom stereocenters. The van der Waals surface area contributed by atoms with E-state index in [9.17, 15) is 4.79 Å². The Hall–Kier alpha value is -2.43. The Kier molecular flexibility index (Phi) is 7.74. The van der Waals surface area contributed by atoms with Gasteiger partial charge in [-0.25, -0.2) is 9.97 Å². The largest absolute Gasteiger partial charge is 0.469 e. The van der Waals surface area contributed by atoms with Gasteiger partial charge in [-0.05, 0) is 24.5 Å². The Morgan fingerprint density at radius 2 is 1.71 bits per heavy atom. The summed E-state index contributed by atoms with van der Waals surface area (Å²) in [5.74, 6) is 0.634. The lowest BCUT2D eigenvalue weighted by atomic mass is 10.1. The Labute approximate surface area is 143 Å². The Bertz CT molecular complexity index is 590. The van der Waals surface area contributed by atoms with Gasteiger partial charge in [-0.15, -0.1) is 0 Å². The lowest BCUT2D eigenvalue weighted by molar-refractivity contribution is -0.140. The number of benzene rings is 1. The molecule has 1 heterocycles. The van der Waals surface area contributed by atoms with Crippen molar-refractivity contribution in [3.8, 4) is 0 Å². The highest BCUT2D eigenvalue weighted by molar-refractivity contribution is 5.68. The molecule has 5 heteroatoms. The lowest BCUT2D eigenvalue weighted by Crippen LogP contribution is -2.25. The van der Waals surface area contributed by atoms with Crippen molar-refractivity contribution in [1.29, 1.82) is 0 Å². The third-order valence-electron chi connectivity index (χ3n) is 3.84. The van der Waals surface area contributed by atoms with Crippen LogP contribution in [-0.4, -0.2) is 29.6 Å². The molecule has 0 bridgehead atoms. The van der Waals surface area contributed by atoms with Gasteiger partial charge in [0.2, 0.25) is 5.95 Å². The van der Waals surface area contributed by atoms with Crippen molar-refractivity contribution in [2.45, 2.75) is 38.6 Å². The van der Waals surface area contributed by atoms with Crippen molar-refractivity contribution < 1.29 is 9.53 Å². The molecule has 0 saturated heterocycles. The fourth-order valence-electron chi connectivity index (χ4n) is 2.54. The van der Waals surface area contributed by atoms with Gasteiger partial charge in [0.25, 0.3) is 0 Å². The van der Waals surface area contributed by atoms with Crippen LogP contribution in [0.3, 0.4) is 0 Å². The SMILES string of the molecule is COC(=O)CCCCCCN(Cc1ccccc1)c1ncccn1. The molecular formula is C19H25N3O2. The van der Waals surface area contributed by atoms with Crippen LogP contribution in [0, 0.1) is 0 Å². The molecule has 0 radical (unpaired) electrons. The molecule has 2 rings (SSSR count). The second-order valence-electron chi connectivity index (χ2n) is 5.70. The fraction of sp³-hybridized carbons (Fsp3) is 0.421. The monoisotopic (exact) mass is 327 g/mol. The van der Waals surface area contributed by atoms with Crippen molar-refractivity contribution >= 4 is 11.9 Å². The van der Waals surface area contributed by atoms with Gasteiger partial charge in [0.1, 0.15) is 0 Å². The molecule has 0 fully saturated rings. The maximum atomic E-state index is 11.1. The highest BCUT2D eigenvalue weighted by atomic mass is 16.5. The van der Waals surface area contributed by atoms with Gasteiger partial charge in [0.15, 0.2) is 0 Å². The smallest absolute Gasteiger partial charge is 0.305 e. The Morgan fingerprint density at radius 3 is 2.42 bits per heavy atom. The number of aromatic nitrogens is 2. The van der Waals surface area contributed by atoms with Crippen molar-refractivity contribution in [1.82, 2.24) is 9.97 Å². The fourth-order valence-corrected chi connectivity index (χ4v) is 2.54. The number of hydrogen-bond donors (Lipinski definition) is 0. The topological polar surface area (TPSA) is 55.3 Å². The minimum Gasteiger partial charge on any atom is -0.469 e. The molecule has 0 N–H and O–H groups in total. The Morgan fingerprint density at radius 1 is 1.00 bits per heavy atom. The van der Waals surface area contributed by atoms with Crippen LogP contribution in [0.5, 0.6) is 0 Å². The van der Waals surface area contributed by atoms with Crippen LogP contribution in [0.25, 0.3) is 0 Å². The molecule has 0 aliphatic rings. The number of anilines is 1. The summed E-state index contributed by atoms with van der Waals surface area (Å²) in [4.78, 5) is 22.1. The summed E-state index contributed by atoms with van der Waals surface area (Å²) in [5, 5.41) is 0. The second kappa shape index (κ2) is 10.4. The van der Waals surface area contributed by atoms with Crippen molar-refractivity contribution in [2.24, 2.45) is 0 Å². The van der Waals surface area contributed by atoms with E-state index in [1.807, 2.05) is 24.3 Å². The molecule has 1 aromatic heterocycles. The van der Waals surface area contributed by atoms with Crippen molar-refractivity contribution in [3.63, 3.8) is 0 Å². The van der Waals surface area contributed by atoms with E-state index < -0.39 is 0 Å². The minimum atomic E-state index is -0.126. The van der Waals surface area contributed by atoms with Gasteiger partial charge in [-0.3, -0.25) is 4.79 Å². The summed E-state index contributed by atoms with van der Waals surface area (Å²) in [5.41, 5.74) is 1.25. The van der Waals surface area contributed by atoms with E-state index in [4.69, 9.17) is 0 Å². The summed E-state index contributed by atoms with van der Waals surface area (Å²) in [6, 6.07) is 12.2. The molecule has 0 aliphatic carbocycles. The third-order valence-corrected chi connectivity index (χ3v) is 3.84. The zero-order chi connectivity index (χ0) is 17.0. The maximum absolute atomic E-state index is 11.1. The van der Waals surface area contributed by atoms with Crippen molar-refractivity contribution in [3.05, 3.63) is 54.4 Å². The number of carbonyl (C=O) groups is 1. The molecular weight excluding hydrogens is 302 g/mol. The molecule has 2 aromatic rings. The van der Waals surface area contributed by atoms with E-state index in [2.05, 4.69) is 31.7 Å². The zero-order valence-corrected chi connectivity index (χ0v) is 14.2. The first kappa shape index (κ1) is 17.9. The summed E-state index contributed by atoms with van der Waals surface area (Å²) < 4.78 is 4.66. The first-order chi connectivity index (χ1) is 11.8. The van der Waals surface area contributed by atoms with Gasteiger partial charge in [0, 0.05) is 31.9 Å². The highest BCUT2D eigenvalue weighted by Crippen LogP contribution is 2.13. The summed E-state index contributed by atoms with van der Waals surface area (Å²) in [6.45, 7) is 1.70. The van der Waals surface area contributed by atoms with E-state index in [0.717, 1.165) is 44.7 Å². The summed E-state index contributed by atoms with van der Waals surface area (Å²) in [6.07, 6.45) is 8.10. The quantitative estimate of drug-likeness (QED) is 0.493. The van der Waals surface area contributed by atoms with Gasteiger partial charge in [-0.2, -0.15) is 0 Å². The molecule has 128 valence electrons. The van der Waals surface area contributed by atoms with Crippen LogP contribution >= 0.6 is 0 Å². The van der Waals surface area contributed by atoms with Crippen LogP contribution in [0.4, 0.5) is 5.95 Å². The average Bonchev–Trinajstić information content (AvgIpc) is 2.64. The number of rotatable bonds is 10. The van der Waals surface area contributed by atoms with Crippen LogP contribution in [0.15, 0.2) is 48.8 Å². The van der Waals surface area contributed by atoms with Crippen molar-refractivity contribution in [2.75, 3.05) is 18.6 Å². The standard InChI is InChI=1S/C19H25N3O2/c1-24-18(23)12-7-2-3-8-15-22(19-20-13-9-14-21-19)16-17-10-5-4-6-11-17/h4-6,9-11,13-14H,2-3,7-8,12,15-16H2,1H3. The number of unbranched alkanes of at least 4 members (excludes halogenated alkanes) is 3. The number of ether oxygens (including phenoxy) is 1. The number of nitrogens with zero attached hydrogens (tertiary/aromatic N) is 3. The van der Waals surface area contributed by atoms with Gasteiger partial charge in [-0.1, -0.05) is 43.2 Å². The summed E-state index contributed by atoms with van der Waals surface area (Å²) in [7, 11) is 1.43. The predicted octanol–water partition coefficient (Wildman–Crippen LogP) is 3.61. The predicted molar refractivity (Wildman–Crippen MR) is 94.6 cm³/mol. The maximum Gasteiger partial charge on any atom is 0.305 e. The average molecular weight is 327 g/mol. The molecule has 5 nitrogen and oxygen atoms in total. The molecule has 24 heavy (non-hydrogen) atoms. The molecule has 0 spiro atoms. The first-order valence-corrected chi connectivity index (χ1v) is 8.42. The molecule has 0 aliphatic heterocycles. The number of methoxy groups -OCH3 is 1. The first-order valence-electron chi connectivity index (χ1n) is 8.42. The second-order valence-corrected chi connectivity index (χ2v) is 5.70. The van der Waals surface area contributed by atoms with Gasteiger partial charge < -0.3 is 9.64 Å². The van der Waals surface area contributed by atoms with Crippen LogP contribution in [-0.2, 0) is 16.1 Å². The van der Waals surface area contributed by atoms with E-state index in [-0.39, 0.29) is 5.97 Å². The number of hydrogen-bond acceptors (Lipinski definition) is 5. The van der Waals surface area contributed by atoms with E-state index in [1.165, 1.54) is 12.7 Å². The molecule has 1 aromatic carbocycles. The number of carbonyl (C=O) groups excluding carboxylic acids is 1.